The molecule has 0 spiro atoms. The molecule has 0 bridgehead atoms. The summed E-state index contributed by atoms with van der Waals surface area (Å²) in [6, 6.07) is 27.6. The van der Waals surface area contributed by atoms with Crippen LogP contribution in [0.25, 0.3) is 0 Å². The smallest absolute Gasteiger partial charge is 0.322 e. The van der Waals surface area contributed by atoms with Gasteiger partial charge in [-0.15, -0.1) is 0 Å². The van der Waals surface area contributed by atoms with Gasteiger partial charge in [-0.3, -0.25) is 0 Å². The van der Waals surface area contributed by atoms with Crippen LogP contribution in [0.1, 0.15) is 22.4 Å². The van der Waals surface area contributed by atoms with Gasteiger partial charge < -0.3 is 24.3 Å². The van der Waals surface area contributed by atoms with Crippen molar-refractivity contribution >= 4 is 11.7 Å². The molecule has 0 aliphatic carbocycles. The van der Waals surface area contributed by atoms with Crippen molar-refractivity contribution in [2.75, 3.05) is 19.5 Å². The first kappa shape index (κ1) is 24.0. The quantitative estimate of drug-likeness (QED) is 0.322. The highest BCUT2D eigenvalue weighted by Crippen LogP contribution is 2.29. The summed E-state index contributed by atoms with van der Waals surface area (Å²) in [6.45, 7) is 3.80. The zero-order valence-electron chi connectivity index (χ0n) is 20.4. The molecule has 1 N–H and O–H groups in total. The standard InChI is InChI=1S/C29H31N3O3/c1-22-10-7-8-13-24(22)20-31-17-9-14-25(31)21-32(19-23-11-5-4-6-12-23)29(33)30-27-16-15-26(34-2)18-28(27)35-3/h4-18H,19-21H2,1-3H3,(H,30,33). The van der Waals surface area contributed by atoms with Crippen LogP contribution in [0.2, 0.25) is 0 Å². The number of methoxy groups -OCH3 is 2. The Bertz CT molecular complexity index is 1270. The van der Waals surface area contributed by atoms with Gasteiger partial charge in [-0.2, -0.15) is 0 Å². The topological polar surface area (TPSA) is 55.7 Å². The Morgan fingerprint density at radius 3 is 2.40 bits per heavy atom. The summed E-state index contributed by atoms with van der Waals surface area (Å²) in [5, 5.41) is 3.02. The number of hydrogen-bond acceptors (Lipinski definition) is 3. The monoisotopic (exact) mass is 469 g/mol. The van der Waals surface area contributed by atoms with E-state index in [9.17, 15) is 4.79 Å². The summed E-state index contributed by atoms with van der Waals surface area (Å²) in [6.07, 6.45) is 2.06. The van der Waals surface area contributed by atoms with Crippen LogP contribution in [0.15, 0.2) is 91.1 Å². The lowest BCUT2D eigenvalue weighted by Crippen LogP contribution is -2.34. The number of urea groups is 1. The number of rotatable bonds is 9. The molecule has 0 unspecified atom stereocenters. The molecule has 0 saturated carbocycles. The molecule has 1 aromatic heterocycles. The van der Waals surface area contributed by atoms with Gasteiger partial charge in [-0.05, 0) is 47.9 Å². The van der Waals surface area contributed by atoms with Gasteiger partial charge in [0.1, 0.15) is 11.5 Å². The third-order valence-electron chi connectivity index (χ3n) is 6.03. The molecule has 0 aliphatic rings. The van der Waals surface area contributed by atoms with E-state index < -0.39 is 0 Å². The summed E-state index contributed by atoms with van der Waals surface area (Å²) >= 11 is 0. The first-order chi connectivity index (χ1) is 17.1. The first-order valence-corrected chi connectivity index (χ1v) is 11.6. The number of carbonyl (C=O) groups is 1. The van der Waals surface area contributed by atoms with Crippen LogP contribution in [0.4, 0.5) is 10.5 Å². The molecule has 180 valence electrons. The molecule has 1 heterocycles. The van der Waals surface area contributed by atoms with Crippen LogP contribution in [0, 0.1) is 6.92 Å². The van der Waals surface area contributed by atoms with E-state index in [1.165, 1.54) is 11.1 Å². The molecular weight excluding hydrogens is 438 g/mol. The first-order valence-electron chi connectivity index (χ1n) is 11.6. The Hall–Kier alpha value is -4.19. The summed E-state index contributed by atoms with van der Waals surface area (Å²) in [4.78, 5) is 15.3. The summed E-state index contributed by atoms with van der Waals surface area (Å²) in [5.74, 6) is 1.20. The van der Waals surface area contributed by atoms with Gasteiger partial charge in [0.05, 0.1) is 26.5 Å². The Morgan fingerprint density at radius 1 is 0.886 bits per heavy atom. The lowest BCUT2D eigenvalue weighted by Gasteiger charge is -2.25. The maximum Gasteiger partial charge on any atom is 0.322 e. The molecule has 4 rings (SSSR count). The van der Waals surface area contributed by atoms with Gasteiger partial charge in [-0.25, -0.2) is 4.79 Å². The lowest BCUT2D eigenvalue weighted by atomic mass is 10.1. The number of aromatic nitrogens is 1. The van der Waals surface area contributed by atoms with Crippen LogP contribution < -0.4 is 14.8 Å². The minimum Gasteiger partial charge on any atom is -0.497 e. The van der Waals surface area contributed by atoms with E-state index in [-0.39, 0.29) is 6.03 Å². The summed E-state index contributed by atoms with van der Waals surface area (Å²) < 4.78 is 12.9. The molecule has 0 radical (unpaired) electrons. The van der Waals surface area contributed by atoms with Crippen LogP contribution in [-0.2, 0) is 19.6 Å². The molecule has 6 heteroatoms. The number of amides is 2. The molecule has 0 fully saturated rings. The Balaban J connectivity index is 1.58. The average molecular weight is 470 g/mol. The van der Waals surface area contributed by atoms with Gasteiger partial charge in [0, 0.05) is 31.0 Å². The van der Waals surface area contributed by atoms with Crippen molar-refractivity contribution in [3.05, 3.63) is 114 Å². The molecule has 6 nitrogen and oxygen atoms in total. The molecular formula is C29H31N3O3. The minimum atomic E-state index is -0.207. The van der Waals surface area contributed by atoms with Crippen LogP contribution >= 0.6 is 0 Å². The van der Waals surface area contributed by atoms with Gasteiger partial charge in [0.25, 0.3) is 0 Å². The lowest BCUT2D eigenvalue weighted by molar-refractivity contribution is 0.205. The highest BCUT2D eigenvalue weighted by Gasteiger charge is 2.19. The number of hydrogen-bond donors (Lipinski definition) is 1. The van der Waals surface area contributed by atoms with E-state index in [1.54, 1.807) is 32.4 Å². The third kappa shape index (κ3) is 6.03. The number of nitrogens with one attached hydrogen (secondary N) is 1. The number of nitrogens with zero attached hydrogens (tertiary/aromatic N) is 2. The zero-order chi connectivity index (χ0) is 24.6. The Kier molecular flexibility index (Phi) is 7.73. The van der Waals surface area contributed by atoms with E-state index in [2.05, 4.69) is 53.3 Å². The second kappa shape index (κ2) is 11.3. The third-order valence-corrected chi connectivity index (χ3v) is 6.03. The fourth-order valence-electron chi connectivity index (χ4n) is 4.01. The van der Waals surface area contributed by atoms with E-state index in [0.717, 1.165) is 17.8 Å². The van der Waals surface area contributed by atoms with Crippen molar-refractivity contribution in [1.29, 1.82) is 0 Å². The zero-order valence-corrected chi connectivity index (χ0v) is 20.4. The molecule has 4 aromatic rings. The maximum atomic E-state index is 13.5. The number of carbonyl (C=O) groups excluding carboxylic acids is 1. The predicted octanol–water partition coefficient (Wildman–Crippen LogP) is 6.10. The number of benzene rings is 3. The number of aryl methyl sites for hydroxylation is 1. The molecule has 0 saturated heterocycles. The fraction of sp³-hybridized carbons (Fsp3) is 0.207. The SMILES string of the molecule is COc1ccc(NC(=O)N(Cc2ccccc2)Cc2cccn2Cc2ccccc2C)c(OC)c1. The second-order valence-corrected chi connectivity index (χ2v) is 8.39. The fourth-order valence-corrected chi connectivity index (χ4v) is 4.01. The minimum absolute atomic E-state index is 0.207. The van der Waals surface area contributed by atoms with Crippen molar-refractivity contribution in [1.82, 2.24) is 9.47 Å². The summed E-state index contributed by atoms with van der Waals surface area (Å²) in [7, 11) is 3.17. The largest absolute Gasteiger partial charge is 0.497 e. The van der Waals surface area contributed by atoms with Crippen LogP contribution in [0.5, 0.6) is 11.5 Å². The van der Waals surface area contributed by atoms with Crippen molar-refractivity contribution in [3.8, 4) is 11.5 Å². The average Bonchev–Trinajstić information content (AvgIpc) is 3.32. The van der Waals surface area contributed by atoms with Gasteiger partial charge in [-0.1, -0.05) is 54.6 Å². The number of ether oxygens (including phenoxy) is 2. The highest BCUT2D eigenvalue weighted by molar-refractivity contribution is 5.91. The molecule has 2 amide bonds. The second-order valence-electron chi connectivity index (χ2n) is 8.39. The van der Waals surface area contributed by atoms with Crippen LogP contribution in [-0.4, -0.2) is 29.7 Å². The van der Waals surface area contributed by atoms with Gasteiger partial charge >= 0.3 is 6.03 Å². The van der Waals surface area contributed by atoms with Crippen molar-refractivity contribution < 1.29 is 14.3 Å². The van der Waals surface area contributed by atoms with Crippen molar-refractivity contribution in [3.63, 3.8) is 0 Å². The van der Waals surface area contributed by atoms with E-state index in [1.807, 2.05) is 41.3 Å². The molecule has 0 aliphatic heterocycles. The molecule has 35 heavy (non-hydrogen) atoms. The Labute approximate surface area is 206 Å². The van der Waals surface area contributed by atoms with Crippen LogP contribution in [0.3, 0.4) is 0 Å². The van der Waals surface area contributed by atoms with Gasteiger partial charge in [0.2, 0.25) is 0 Å². The predicted molar refractivity (Wildman–Crippen MR) is 139 cm³/mol. The van der Waals surface area contributed by atoms with E-state index in [4.69, 9.17) is 9.47 Å². The van der Waals surface area contributed by atoms with Crippen molar-refractivity contribution in [2.45, 2.75) is 26.6 Å². The van der Waals surface area contributed by atoms with Crippen molar-refractivity contribution in [2.24, 2.45) is 0 Å². The van der Waals surface area contributed by atoms with E-state index >= 15 is 0 Å². The normalized spacial score (nSPS) is 10.6. The maximum absolute atomic E-state index is 13.5. The summed E-state index contributed by atoms with van der Waals surface area (Å²) in [5.41, 5.74) is 5.21. The Morgan fingerprint density at radius 2 is 1.66 bits per heavy atom. The molecule has 0 atom stereocenters. The number of anilines is 1. The molecule has 3 aromatic carbocycles. The highest BCUT2D eigenvalue weighted by atomic mass is 16.5. The van der Waals surface area contributed by atoms with Gasteiger partial charge in [0.15, 0.2) is 0 Å². The van der Waals surface area contributed by atoms with E-state index in [0.29, 0.717) is 30.3 Å².